The number of hydrogen-bond donors (Lipinski definition) is 0. The van der Waals surface area contributed by atoms with Gasteiger partial charge in [0.2, 0.25) is 5.91 Å². The molecule has 3 fully saturated rings. The zero-order chi connectivity index (χ0) is 13.1. The van der Waals surface area contributed by atoms with Crippen molar-refractivity contribution in [1.82, 2.24) is 9.80 Å². The summed E-state index contributed by atoms with van der Waals surface area (Å²) in [4.78, 5) is 16.9. The Hall–Kier alpha value is -0.610. The Kier molecular flexibility index (Phi) is 4.38. The smallest absolute Gasteiger partial charge is 0.225 e. The lowest BCUT2D eigenvalue weighted by Gasteiger charge is -2.31. The van der Waals surface area contributed by atoms with Crippen LogP contribution >= 0.6 is 0 Å². The molecule has 19 heavy (non-hydrogen) atoms. The van der Waals surface area contributed by atoms with Gasteiger partial charge in [-0.05, 0) is 38.1 Å². The fourth-order valence-corrected chi connectivity index (χ4v) is 3.38. The van der Waals surface area contributed by atoms with Gasteiger partial charge in [0.25, 0.3) is 0 Å². The highest BCUT2D eigenvalue weighted by molar-refractivity contribution is 5.79. The highest BCUT2D eigenvalue weighted by Gasteiger charge is 2.30. The Morgan fingerprint density at radius 3 is 2.63 bits per heavy atom. The Bertz CT molecular complexity index is 311. The van der Waals surface area contributed by atoms with Crippen molar-refractivity contribution in [2.24, 2.45) is 11.8 Å². The molecule has 0 aromatic rings. The van der Waals surface area contributed by atoms with E-state index in [1.54, 1.807) is 0 Å². The van der Waals surface area contributed by atoms with Crippen LogP contribution in [-0.2, 0) is 9.53 Å². The van der Waals surface area contributed by atoms with E-state index in [0.717, 1.165) is 65.2 Å². The van der Waals surface area contributed by atoms with Crippen molar-refractivity contribution in [2.45, 2.75) is 32.1 Å². The highest BCUT2D eigenvalue weighted by atomic mass is 16.5. The SMILES string of the molecule is O=C(C1CCC1)N1CCCN(C[C@@H]2CCOC2)CC1. The molecule has 4 heteroatoms. The Morgan fingerprint density at radius 2 is 1.95 bits per heavy atom. The lowest BCUT2D eigenvalue weighted by atomic mass is 9.84. The Labute approximate surface area is 116 Å². The molecule has 2 aliphatic heterocycles. The second kappa shape index (κ2) is 6.23. The number of nitrogens with zero attached hydrogens (tertiary/aromatic N) is 2. The van der Waals surface area contributed by atoms with Crippen molar-refractivity contribution in [3.8, 4) is 0 Å². The lowest BCUT2D eigenvalue weighted by Crippen LogP contribution is -2.41. The molecule has 2 heterocycles. The normalized spacial score (nSPS) is 30.1. The van der Waals surface area contributed by atoms with Gasteiger partial charge in [-0.15, -0.1) is 0 Å². The number of amides is 1. The van der Waals surface area contributed by atoms with E-state index in [2.05, 4.69) is 9.80 Å². The summed E-state index contributed by atoms with van der Waals surface area (Å²) in [6.45, 7) is 7.12. The van der Waals surface area contributed by atoms with Gasteiger partial charge in [-0.1, -0.05) is 6.42 Å². The van der Waals surface area contributed by atoms with Gasteiger partial charge in [0.15, 0.2) is 0 Å². The zero-order valence-corrected chi connectivity index (χ0v) is 11.9. The first-order chi connectivity index (χ1) is 9.33. The van der Waals surface area contributed by atoms with Crippen molar-refractivity contribution >= 4 is 5.91 Å². The van der Waals surface area contributed by atoms with Crippen molar-refractivity contribution in [2.75, 3.05) is 45.9 Å². The quantitative estimate of drug-likeness (QED) is 0.773. The molecular formula is C15H26N2O2. The molecule has 0 radical (unpaired) electrons. The van der Waals surface area contributed by atoms with Crippen molar-refractivity contribution < 1.29 is 9.53 Å². The van der Waals surface area contributed by atoms with E-state index in [1.165, 1.54) is 12.8 Å². The molecule has 0 N–H and O–H groups in total. The fraction of sp³-hybridized carbons (Fsp3) is 0.933. The van der Waals surface area contributed by atoms with Crippen LogP contribution in [-0.4, -0.2) is 61.6 Å². The highest BCUT2D eigenvalue weighted by Crippen LogP contribution is 2.28. The summed E-state index contributed by atoms with van der Waals surface area (Å²) < 4.78 is 5.45. The molecule has 1 amide bonds. The third-order valence-electron chi connectivity index (χ3n) is 4.89. The van der Waals surface area contributed by atoms with Crippen molar-refractivity contribution in [3.63, 3.8) is 0 Å². The van der Waals surface area contributed by atoms with Crippen molar-refractivity contribution in [3.05, 3.63) is 0 Å². The molecule has 1 aliphatic carbocycles. The minimum Gasteiger partial charge on any atom is -0.381 e. The number of rotatable bonds is 3. The monoisotopic (exact) mass is 266 g/mol. The summed E-state index contributed by atoms with van der Waals surface area (Å²) in [6, 6.07) is 0. The predicted molar refractivity (Wildman–Crippen MR) is 73.9 cm³/mol. The molecule has 0 aromatic carbocycles. The average Bonchev–Trinajstić information content (AvgIpc) is 2.72. The second-order valence-electron chi connectivity index (χ2n) is 6.34. The van der Waals surface area contributed by atoms with E-state index < -0.39 is 0 Å². The van der Waals surface area contributed by atoms with Gasteiger partial charge in [0.05, 0.1) is 6.61 Å². The topological polar surface area (TPSA) is 32.8 Å². The Balaban J connectivity index is 1.46. The first-order valence-electron chi connectivity index (χ1n) is 7.92. The van der Waals surface area contributed by atoms with Crippen LogP contribution in [0.15, 0.2) is 0 Å². The molecule has 1 saturated carbocycles. The van der Waals surface area contributed by atoms with E-state index >= 15 is 0 Å². The summed E-state index contributed by atoms with van der Waals surface area (Å²) in [5, 5.41) is 0. The number of carbonyl (C=O) groups excluding carboxylic acids is 1. The first-order valence-corrected chi connectivity index (χ1v) is 7.92. The van der Waals surface area contributed by atoms with Crippen LogP contribution in [0.1, 0.15) is 32.1 Å². The van der Waals surface area contributed by atoms with Gasteiger partial charge >= 0.3 is 0 Å². The molecule has 0 unspecified atom stereocenters. The minimum absolute atomic E-state index is 0.356. The summed E-state index contributed by atoms with van der Waals surface area (Å²) in [6.07, 6.45) is 5.84. The van der Waals surface area contributed by atoms with Gasteiger partial charge < -0.3 is 14.5 Å². The molecule has 3 rings (SSSR count). The maximum absolute atomic E-state index is 12.3. The molecular weight excluding hydrogens is 240 g/mol. The van der Waals surface area contributed by atoms with Crippen LogP contribution in [0.2, 0.25) is 0 Å². The maximum atomic E-state index is 12.3. The Morgan fingerprint density at radius 1 is 1.05 bits per heavy atom. The second-order valence-corrected chi connectivity index (χ2v) is 6.34. The first kappa shape index (κ1) is 13.4. The zero-order valence-electron chi connectivity index (χ0n) is 11.9. The fourth-order valence-electron chi connectivity index (χ4n) is 3.38. The van der Waals surface area contributed by atoms with Crippen LogP contribution in [0.5, 0.6) is 0 Å². The average molecular weight is 266 g/mol. The van der Waals surface area contributed by atoms with Gasteiger partial charge in [0, 0.05) is 38.7 Å². The number of ether oxygens (including phenoxy) is 1. The molecule has 2 saturated heterocycles. The van der Waals surface area contributed by atoms with Gasteiger partial charge in [-0.2, -0.15) is 0 Å². The number of hydrogen-bond acceptors (Lipinski definition) is 3. The predicted octanol–water partition coefficient (Wildman–Crippen LogP) is 1.36. The van der Waals surface area contributed by atoms with Crippen molar-refractivity contribution in [1.29, 1.82) is 0 Å². The van der Waals surface area contributed by atoms with Gasteiger partial charge in [-0.25, -0.2) is 0 Å². The van der Waals surface area contributed by atoms with Crippen LogP contribution in [0.3, 0.4) is 0 Å². The van der Waals surface area contributed by atoms with E-state index in [0.29, 0.717) is 17.7 Å². The molecule has 108 valence electrons. The summed E-state index contributed by atoms with van der Waals surface area (Å²) in [5.74, 6) is 1.50. The number of carbonyl (C=O) groups is 1. The molecule has 0 aromatic heterocycles. The standard InChI is InChI=1S/C15H26N2O2/c18-15(14-3-1-4-14)17-7-2-6-16(8-9-17)11-13-5-10-19-12-13/h13-14H,1-12H2/t13-/m0/s1. The van der Waals surface area contributed by atoms with Gasteiger partial charge in [0.1, 0.15) is 0 Å². The maximum Gasteiger partial charge on any atom is 0.225 e. The summed E-state index contributed by atoms with van der Waals surface area (Å²) in [7, 11) is 0. The van der Waals surface area contributed by atoms with E-state index in [-0.39, 0.29) is 0 Å². The molecule has 1 atom stereocenters. The largest absolute Gasteiger partial charge is 0.381 e. The summed E-state index contributed by atoms with van der Waals surface area (Å²) >= 11 is 0. The van der Waals surface area contributed by atoms with E-state index in [1.807, 2.05) is 0 Å². The minimum atomic E-state index is 0.356. The van der Waals surface area contributed by atoms with Crippen LogP contribution < -0.4 is 0 Å². The lowest BCUT2D eigenvalue weighted by molar-refractivity contribution is -0.138. The third-order valence-corrected chi connectivity index (χ3v) is 4.89. The van der Waals surface area contributed by atoms with Crippen LogP contribution in [0.25, 0.3) is 0 Å². The van der Waals surface area contributed by atoms with E-state index in [4.69, 9.17) is 4.74 Å². The molecule has 4 nitrogen and oxygen atoms in total. The molecule has 0 spiro atoms. The molecule has 3 aliphatic rings. The third kappa shape index (κ3) is 3.29. The van der Waals surface area contributed by atoms with E-state index in [9.17, 15) is 4.79 Å². The summed E-state index contributed by atoms with van der Waals surface area (Å²) in [5.41, 5.74) is 0. The van der Waals surface area contributed by atoms with Crippen LogP contribution in [0.4, 0.5) is 0 Å². The van der Waals surface area contributed by atoms with Gasteiger partial charge in [-0.3, -0.25) is 4.79 Å². The van der Waals surface area contributed by atoms with Crippen LogP contribution in [0, 0.1) is 11.8 Å². The molecule has 0 bridgehead atoms.